The van der Waals surface area contributed by atoms with Gasteiger partial charge in [0.2, 0.25) is 5.84 Å². The fourth-order valence-electron chi connectivity index (χ4n) is 4.45. The van der Waals surface area contributed by atoms with Crippen molar-refractivity contribution in [3.8, 4) is 0 Å². The molecule has 0 spiro atoms. The van der Waals surface area contributed by atoms with Crippen molar-refractivity contribution in [1.29, 1.82) is 0 Å². The number of allylic oxidation sites excluding steroid dienone is 3. The van der Waals surface area contributed by atoms with E-state index in [1.807, 2.05) is 12.2 Å². The van der Waals surface area contributed by atoms with Gasteiger partial charge in [-0.05, 0) is 12.8 Å². The first-order valence-electron chi connectivity index (χ1n) is 13.7. The van der Waals surface area contributed by atoms with E-state index in [1.165, 1.54) is 70.6 Å². The Kier molecular flexibility index (Phi) is 31.8. The van der Waals surface area contributed by atoms with Crippen LogP contribution in [0.1, 0.15) is 96.8 Å². The number of unbranched alkanes of at least 4 members (excludes halogenated alkanes) is 11. The predicted octanol–water partition coefficient (Wildman–Crippen LogP) is 3.07. The Labute approximate surface area is 274 Å². The minimum absolute atomic E-state index is 0. The van der Waals surface area contributed by atoms with Crippen LogP contribution < -0.4 is 5.11 Å². The van der Waals surface area contributed by atoms with E-state index in [9.17, 15) is 19.8 Å². The molecule has 0 aromatic rings. The summed E-state index contributed by atoms with van der Waals surface area (Å²) in [4.78, 5) is 26.3. The van der Waals surface area contributed by atoms with E-state index in [4.69, 9.17) is 4.74 Å². The zero-order chi connectivity index (χ0) is 25.6. The number of aliphatic imine (C=N–C) groups is 1. The first-order chi connectivity index (χ1) is 17.0. The first kappa shape index (κ1) is 42.4. The second kappa shape index (κ2) is 28.5. The molecule has 0 aliphatic carbocycles. The number of carboxylic acids is 2. The van der Waals surface area contributed by atoms with Gasteiger partial charge in [-0.25, -0.2) is 4.99 Å². The molecule has 0 fully saturated rings. The molecule has 8 nitrogen and oxygen atoms in total. The van der Waals surface area contributed by atoms with Crippen molar-refractivity contribution in [2.24, 2.45) is 4.99 Å². The molecule has 2 radical (unpaired) electrons. The standard InChI is InChI=1S/C28H48N2O5.2Na.H2O/c1-2-3-4-5-6-7-8-9-10-11-12-13-14-15-16-17-26-29-20-22-30(26,21-18-27(31)32)23-25-35-24-19-28(33)34;;;/h14-17H,2-13,18-25H2,1H3,(H-,31,32,33,34);;;1H2. The maximum atomic E-state index is 11.2. The van der Waals surface area contributed by atoms with Crippen LogP contribution in [0.15, 0.2) is 29.3 Å². The average molecular weight is 557 g/mol. The number of carbonyl (C=O) groups is 2. The summed E-state index contributed by atoms with van der Waals surface area (Å²) >= 11 is 0. The predicted molar refractivity (Wildman–Crippen MR) is 154 cm³/mol. The van der Waals surface area contributed by atoms with E-state index in [2.05, 4.69) is 24.1 Å². The molecular formula is C28H50N2Na2O6. The van der Waals surface area contributed by atoms with Crippen molar-refractivity contribution in [3.05, 3.63) is 24.3 Å². The number of nitrogens with zero attached hydrogens (tertiary/aromatic N) is 2. The van der Waals surface area contributed by atoms with E-state index < -0.39 is 11.9 Å². The summed E-state index contributed by atoms with van der Waals surface area (Å²) < 4.78 is 5.90. The van der Waals surface area contributed by atoms with E-state index in [1.54, 1.807) is 0 Å². The van der Waals surface area contributed by atoms with Crippen molar-refractivity contribution >= 4 is 76.9 Å². The third kappa shape index (κ3) is 21.8. The van der Waals surface area contributed by atoms with Gasteiger partial charge in [-0.1, -0.05) is 89.4 Å². The van der Waals surface area contributed by atoms with Crippen LogP contribution in [-0.2, 0) is 14.3 Å². The Bertz CT molecular complexity index is 688. The SMILES string of the molecule is CCCCCCCCCCCCCC=CC=CC1=NCC[N+]1(CCOCCC(=O)[O-])CCC(=O)O.O.[Na].[Na]. The number of quaternary nitrogens is 1. The number of carbonyl (C=O) groups excluding carboxylic acids is 1. The third-order valence-electron chi connectivity index (χ3n) is 6.62. The van der Waals surface area contributed by atoms with Gasteiger partial charge in [-0.3, -0.25) is 9.28 Å². The molecule has 3 N–H and O–H groups in total. The third-order valence-corrected chi connectivity index (χ3v) is 6.62. The largest absolute Gasteiger partial charge is 0.550 e. The molecule has 1 unspecified atom stereocenters. The molecule has 0 saturated heterocycles. The van der Waals surface area contributed by atoms with Crippen LogP contribution in [0.5, 0.6) is 0 Å². The van der Waals surface area contributed by atoms with Crippen molar-refractivity contribution in [2.45, 2.75) is 96.8 Å². The smallest absolute Gasteiger partial charge is 0.309 e. The Morgan fingerprint density at radius 3 is 2.11 bits per heavy atom. The van der Waals surface area contributed by atoms with Gasteiger partial charge >= 0.3 is 5.97 Å². The van der Waals surface area contributed by atoms with Gasteiger partial charge in [0.15, 0.2) is 0 Å². The second-order valence-electron chi connectivity index (χ2n) is 9.55. The topological polar surface area (TPSA) is 131 Å². The molecule has 0 aromatic carbocycles. The van der Waals surface area contributed by atoms with Crippen LogP contribution in [0.2, 0.25) is 0 Å². The van der Waals surface area contributed by atoms with Crippen molar-refractivity contribution < 1.29 is 34.5 Å². The average Bonchev–Trinajstić information content (AvgIpc) is 3.22. The molecule has 1 rings (SSSR count). The summed E-state index contributed by atoms with van der Waals surface area (Å²) in [7, 11) is 0. The zero-order valence-corrected chi connectivity index (χ0v) is 28.4. The Morgan fingerprint density at radius 1 is 0.921 bits per heavy atom. The monoisotopic (exact) mass is 556 g/mol. The summed E-state index contributed by atoms with van der Waals surface area (Å²) in [6.45, 7) is 5.13. The molecule has 0 aromatic heterocycles. The van der Waals surface area contributed by atoms with Crippen LogP contribution in [0.25, 0.3) is 0 Å². The number of amidine groups is 1. The minimum atomic E-state index is -1.13. The van der Waals surface area contributed by atoms with Crippen LogP contribution in [0.3, 0.4) is 0 Å². The number of rotatable bonds is 23. The van der Waals surface area contributed by atoms with Crippen molar-refractivity contribution in [3.63, 3.8) is 0 Å². The van der Waals surface area contributed by atoms with Crippen LogP contribution in [0.4, 0.5) is 0 Å². The van der Waals surface area contributed by atoms with Crippen LogP contribution in [0, 0.1) is 0 Å². The molecule has 0 amide bonds. The first-order valence-corrected chi connectivity index (χ1v) is 13.7. The fourth-order valence-corrected chi connectivity index (χ4v) is 4.45. The molecule has 1 aliphatic rings. The fraction of sp³-hybridized carbons (Fsp3) is 0.750. The number of ether oxygens (including phenoxy) is 1. The van der Waals surface area contributed by atoms with Crippen LogP contribution in [-0.4, -0.2) is 131 Å². The maximum absolute atomic E-state index is 11.2. The van der Waals surface area contributed by atoms with E-state index >= 15 is 0 Å². The van der Waals surface area contributed by atoms with E-state index in [-0.39, 0.29) is 84.0 Å². The van der Waals surface area contributed by atoms with Crippen molar-refractivity contribution in [2.75, 3.05) is 39.4 Å². The number of carboxylic acid groups (broad SMARTS) is 2. The van der Waals surface area contributed by atoms with Gasteiger partial charge in [0.05, 0.1) is 32.7 Å². The summed E-state index contributed by atoms with van der Waals surface area (Å²) in [5.41, 5.74) is 0. The van der Waals surface area contributed by atoms with E-state index in [0.717, 1.165) is 18.8 Å². The summed E-state index contributed by atoms with van der Waals surface area (Å²) in [5, 5.41) is 19.7. The van der Waals surface area contributed by atoms with Gasteiger partial charge in [-0.2, -0.15) is 0 Å². The second-order valence-corrected chi connectivity index (χ2v) is 9.55. The molecule has 38 heavy (non-hydrogen) atoms. The van der Waals surface area contributed by atoms with Gasteiger partial charge in [-0.15, -0.1) is 0 Å². The van der Waals surface area contributed by atoms with Crippen molar-refractivity contribution in [1.82, 2.24) is 0 Å². The molecule has 10 heteroatoms. The Morgan fingerprint density at radius 2 is 1.53 bits per heavy atom. The quantitative estimate of drug-likeness (QED) is 0.0895. The summed E-state index contributed by atoms with van der Waals surface area (Å²) in [5.74, 6) is -1.09. The van der Waals surface area contributed by atoms with E-state index in [0.29, 0.717) is 30.7 Å². The Hall–Kier alpha value is -0.0300. The van der Waals surface area contributed by atoms with Gasteiger partial charge < -0.3 is 25.2 Å². The molecule has 0 bridgehead atoms. The number of aliphatic carboxylic acids is 2. The van der Waals surface area contributed by atoms with Gasteiger partial charge in [0.25, 0.3) is 0 Å². The molecule has 1 heterocycles. The number of hydrogen-bond acceptors (Lipinski definition) is 5. The summed E-state index contributed by atoms with van der Waals surface area (Å²) in [6, 6.07) is 0. The molecule has 0 saturated carbocycles. The van der Waals surface area contributed by atoms with Gasteiger partial charge in [0, 0.05) is 77.6 Å². The molecule has 1 atom stereocenters. The maximum Gasteiger partial charge on any atom is 0.309 e. The molecule has 210 valence electrons. The summed E-state index contributed by atoms with van der Waals surface area (Å²) in [6.07, 6.45) is 24.0. The zero-order valence-electron chi connectivity index (χ0n) is 24.4. The molecule has 1 aliphatic heterocycles. The molecular weight excluding hydrogens is 506 g/mol. The Balaban J connectivity index is -0.00000408. The number of hydrogen-bond donors (Lipinski definition) is 1. The van der Waals surface area contributed by atoms with Crippen LogP contribution >= 0.6 is 0 Å². The van der Waals surface area contributed by atoms with Gasteiger partial charge in [0.1, 0.15) is 13.1 Å². The normalized spacial score (nSPS) is 16.6. The minimum Gasteiger partial charge on any atom is -0.550 e.